The molecule has 0 aliphatic carbocycles. The number of carbonyl (C=O) groups is 3. The van der Waals surface area contributed by atoms with Crippen LogP contribution in [0.1, 0.15) is 46.6 Å². The van der Waals surface area contributed by atoms with Gasteiger partial charge in [0.2, 0.25) is 11.4 Å². The molecular formula is C22H30N2O5. The Balaban J connectivity index is 2.55. The molecule has 0 aromatic heterocycles. The van der Waals surface area contributed by atoms with Gasteiger partial charge in [0.1, 0.15) is 5.75 Å². The molecule has 0 spiro atoms. The summed E-state index contributed by atoms with van der Waals surface area (Å²) in [5.74, 6) is -1.02. The lowest BCUT2D eigenvalue weighted by atomic mass is 9.86. The molecule has 0 saturated carbocycles. The second-order valence-electron chi connectivity index (χ2n) is 7.93. The normalized spacial score (nSPS) is 19.0. The smallest absolute Gasteiger partial charge is 0.346 e. The molecular weight excluding hydrogens is 372 g/mol. The summed E-state index contributed by atoms with van der Waals surface area (Å²) in [6.07, 6.45) is 1.74. The van der Waals surface area contributed by atoms with Crippen LogP contribution in [-0.4, -0.2) is 47.5 Å². The Morgan fingerprint density at radius 3 is 2.24 bits per heavy atom. The highest BCUT2D eigenvalue weighted by atomic mass is 16.5. The van der Waals surface area contributed by atoms with Gasteiger partial charge in [0, 0.05) is 18.2 Å². The quantitative estimate of drug-likeness (QED) is 0.560. The fraction of sp³-hybridized carbons (Fsp3) is 0.500. The fourth-order valence-corrected chi connectivity index (χ4v) is 3.41. The number of methoxy groups -OCH3 is 1. The van der Waals surface area contributed by atoms with Crippen molar-refractivity contribution >= 4 is 17.8 Å². The van der Waals surface area contributed by atoms with Gasteiger partial charge in [-0.3, -0.25) is 9.59 Å². The molecule has 158 valence electrons. The van der Waals surface area contributed by atoms with Gasteiger partial charge >= 0.3 is 5.97 Å². The first-order chi connectivity index (χ1) is 13.6. The molecule has 0 fully saturated rings. The summed E-state index contributed by atoms with van der Waals surface area (Å²) in [6.45, 7) is 9.14. The zero-order chi connectivity index (χ0) is 21.8. The highest BCUT2D eigenvalue weighted by molar-refractivity contribution is 6.17. The fourth-order valence-electron chi connectivity index (χ4n) is 3.41. The van der Waals surface area contributed by atoms with Crippen LogP contribution < -0.4 is 10.1 Å². The van der Waals surface area contributed by atoms with Crippen LogP contribution in [0, 0.1) is 0 Å². The zero-order valence-electron chi connectivity index (χ0n) is 18.0. The highest BCUT2D eigenvalue weighted by Crippen LogP contribution is 2.37. The van der Waals surface area contributed by atoms with Gasteiger partial charge in [0.05, 0.1) is 13.7 Å². The van der Waals surface area contributed by atoms with E-state index in [4.69, 9.17) is 9.47 Å². The lowest BCUT2D eigenvalue weighted by Crippen LogP contribution is -2.65. The number of ether oxygens (including phenoxy) is 2. The van der Waals surface area contributed by atoms with E-state index in [1.807, 2.05) is 27.7 Å². The van der Waals surface area contributed by atoms with Crippen molar-refractivity contribution in [1.82, 2.24) is 10.2 Å². The maximum absolute atomic E-state index is 13.4. The van der Waals surface area contributed by atoms with Crippen LogP contribution in [0.25, 0.3) is 0 Å². The van der Waals surface area contributed by atoms with Crippen molar-refractivity contribution in [2.24, 2.45) is 0 Å². The molecule has 7 heteroatoms. The maximum Gasteiger partial charge on any atom is 0.346 e. The number of hydrogen-bond donors (Lipinski definition) is 1. The first-order valence-corrected chi connectivity index (χ1v) is 9.75. The minimum absolute atomic E-state index is 0.0825. The van der Waals surface area contributed by atoms with Crippen LogP contribution in [0.15, 0.2) is 35.9 Å². The molecule has 0 radical (unpaired) electrons. The third-order valence-corrected chi connectivity index (χ3v) is 4.70. The van der Waals surface area contributed by atoms with E-state index in [2.05, 4.69) is 5.32 Å². The topological polar surface area (TPSA) is 84.9 Å². The Kier molecular flexibility index (Phi) is 6.72. The molecule has 29 heavy (non-hydrogen) atoms. The van der Waals surface area contributed by atoms with E-state index in [0.29, 0.717) is 17.7 Å². The Bertz CT molecular complexity index is 807. The molecule has 2 rings (SSSR count). The summed E-state index contributed by atoms with van der Waals surface area (Å²) >= 11 is 0. The number of rotatable bonds is 7. The second kappa shape index (κ2) is 8.68. The molecule has 1 aromatic rings. The monoisotopic (exact) mass is 402 g/mol. The summed E-state index contributed by atoms with van der Waals surface area (Å²) in [5.41, 5.74) is -1.22. The number of esters is 1. The Morgan fingerprint density at radius 2 is 1.76 bits per heavy atom. The van der Waals surface area contributed by atoms with Gasteiger partial charge in [-0.25, -0.2) is 4.79 Å². The van der Waals surface area contributed by atoms with Gasteiger partial charge in [-0.15, -0.1) is 0 Å². The molecule has 1 N–H and O–H groups in total. The number of nitrogens with one attached hydrogen (secondary N) is 1. The lowest BCUT2D eigenvalue weighted by Gasteiger charge is -2.39. The van der Waals surface area contributed by atoms with E-state index in [0.717, 1.165) is 5.56 Å². The summed E-state index contributed by atoms with van der Waals surface area (Å²) in [6, 6.07) is 7.14. The predicted octanol–water partition coefficient (Wildman–Crippen LogP) is 2.59. The van der Waals surface area contributed by atoms with Crippen molar-refractivity contribution in [3.05, 3.63) is 41.5 Å². The van der Waals surface area contributed by atoms with Crippen molar-refractivity contribution in [3.8, 4) is 5.75 Å². The Morgan fingerprint density at radius 1 is 1.14 bits per heavy atom. The average molecular weight is 402 g/mol. The van der Waals surface area contributed by atoms with E-state index >= 15 is 0 Å². The third-order valence-electron chi connectivity index (χ3n) is 4.70. The lowest BCUT2D eigenvalue weighted by molar-refractivity contribution is -0.164. The molecule has 0 bridgehead atoms. The van der Waals surface area contributed by atoms with Crippen LogP contribution in [0.4, 0.5) is 0 Å². The number of nitrogens with zero attached hydrogens (tertiary/aromatic N) is 1. The standard InChI is InChI=1S/C22H30N2O5/c1-7-16-13-18(25)24(14-15-9-11-17(28-6)12-10-15)22(16,20(27)29-8-2)19(26)23-21(3,4)5/h9-13H,7-8,14H2,1-6H3,(H,23,26). The second-order valence-corrected chi connectivity index (χ2v) is 7.93. The zero-order valence-corrected chi connectivity index (χ0v) is 18.0. The summed E-state index contributed by atoms with van der Waals surface area (Å²) < 4.78 is 10.5. The predicted molar refractivity (Wildman–Crippen MR) is 109 cm³/mol. The Hall–Kier alpha value is -2.83. The van der Waals surface area contributed by atoms with E-state index in [1.165, 1.54) is 11.0 Å². The number of hydrogen-bond acceptors (Lipinski definition) is 5. The van der Waals surface area contributed by atoms with E-state index < -0.39 is 28.9 Å². The van der Waals surface area contributed by atoms with Gasteiger partial charge in [0.15, 0.2) is 0 Å². The molecule has 2 amide bonds. The van der Waals surface area contributed by atoms with Crippen molar-refractivity contribution < 1.29 is 23.9 Å². The molecule has 1 aliphatic rings. The van der Waals surface area contributed by atoms with Gasteiger partial charge in [0.25, 0.3) is 5.91 Å². The molecule has 1 heterocycles. The average Bonchev–Trinajstić information content (AvgIpc) is 2.94. The largest absolute Gasteiger partial charge is 0.497 e. The molecule has 1 unspecified atom stereocenters. The van der Waals surface area contributed by atoms with E-state index in [1.54, 1.807) is 38.3 Å². The summed E-state index contributed by atoms with van der Waals surface area (Å²) in [5, 5.41) is 2.87. The number of amides is 2. The van der Waals surface area contributed by atoms with Gasteiger partial charge < -0.3 is 19.7 Å². The van der Waals surface area contributed by atoms with Crippen LogP contribution in [0.2, 0.25) is 0 Å². The molecule has 0 saturated heterocycles. The SMILES string of the molecule is CCOC(=O)C1(C(=O)NC(C)(C)C)C(CC)=CC(=O)N1Cc1ccc(OC)cc1. The highest BCUT2D eigenvalue weighted by Gasteiger charge is 2.60. The van der Waals surface area contributed by atoms with Crippen molar-refractivity contribution in [3.63, 3.8) is 0 Å². The maximum atomic E-state index is 13.4. The van der Waals surface area contributed by atoms with Gasteiger partial charge in [-0.2, -0.15) is 0 Å². The molecule has 1 aliphatic heterocycles. The third kappa shape index (κ3) is 4.44. The van der Waals surface area contributed by atoms with Crippen LogP contribution in [0.5, 0.6) is 5.75 Å². The first-order valence-electron chi connectivity index (χ1n) is 9.75. The summed E-state index contributed by atoms with van der Waals surface area (Å²) in [4.78, 5) is 40.8. The van der Waals surface area contributed by atoms with E-state index in [9.17, 15) is 14.4 Å². The van der Waals surface area contributed by atoms with Crippen molar-refractivity contribution in [2.45, 2.75) is 58.7 Å². The van der Waals surface area contributed by atoms with Gasteiger partial charge in [-0.1, -0.05) is 19.1 Å². The Labute approximate surface area is 172 Å². The van der Waals surface area contributed by atoms with Crippen molar-refractivity contribution in [1.29, 1.82) is 0 Å². The molecule has 7 nitrogen and oxygen atoms in total. The van der Waals surface area contributed by atoms with Crippen molar-refractivity contribution in [2.75, 3.05) is 13.7 Å². The minimum Gasteiger partial charge on any atom is -0.497 e. The van der Waals surface area contributed by atoms with Gasteiger partial charge in [-0.05, 0) is 57.4 Å². The molecule has 1 aromatic carbocycles. The van der Waals surface area contributed by atoms with E-state index in [-0.39, 0.29) is 13.2 Å². The summed E-state index contributed by atoms with van der Waals surface area (Å²) in [7, 11) is 1.57. The van der Waals surface area contributed by atoms with Crippen LogP contribution >= 0.6 is 0 Å². The first kappa shape index (κ1) is 22.5. The van der Waals surface area contributed by atoms with Crippen LogP contribution in [-0.2, 0) is 25.7 Å². The number of carbonyl (C=O) groups excluding carboxylic acids is 3. The van der Waals surface area contributed by atoms with Crippen LogP contribution in [0.3, 0.4) is 0 Å². The number of benzene rings is 1. The minimum atomic E-state index is -1.82. The molecule has 1 atom stereocenters.